The molecule has 0 spiro atoms. The fraction of sp³-hybridized carbons (Fsp3) is 0.435. The van der Waals surface area contributed by atoms with Crippen LogP contribution in [-0.2, 0) is 4.79 Å². The second-order valence-corrected chi connectivity index (χ2v) is 7.97. The number of benzene rings is 2. The Hall–Kier alpha value is -2.57. The van der Waals surface area contributed by atoms with Crippen molar-refractivity contribution in [3.63, 3.8) is 0 Å². The second-order valence-electron chi connectivity index (χ2n) is 7.97. The van der Waals surface area contributed by atoms with Crippen LogP contribution in [0, 0.1) is 5.92 Å². The highest BCUT2D eigenvalue weighted by Gasteiger charge is 2.40. The second kappa shape index (κ2) is 8.05. The predicted molar refractivity (Wildman–Crippen MR) is 110 cm³/mol. The van der Waals surface area contributed by atoms with Gasteiger partial charge in [0.15, 0.2) is 11.5 Å². The maximum atomic E-state index is 13.5. The molecule has 29 heavy (non-hydrogen) atoms. The highest BCUT2D eigenvalue weighted by atomic mass is 16.5. The van der Waals surface area contributed by atoms with Crippen LogP contribution in [0.5, 0.6) is 11.5 Å². The van der Waals surface area contributed by atoms with Crippen molar-refractivity contribution in [3.8, 4) is 11.5 Å². The third-order valence-electron chi connectivity index (χ3n) is 6.15. The standard InChI is InChI=1S/C23H27N3O3/c27-23(18-15-24-25-22(18)16-6-2-1-3-7-16)26-11-4-8-19(26)17-9-10-20-21(14-17)29-13-5-12-28-20/h1-3,6-7,9-10,14,18-19,22,24-25H,4-5,8,11-13,15H2. The lowest BCUT2D eigenvalue weighted by Gasteiger charge is -2.30. The SMILES string of the molecule is O=C(C1CNNC1c1ccccc1)N1CCCC1c1ccc2c(c1)OCCCO2. The van der Waals surface area contributed by atoms with Gasteiger partial charge < -0.3 is 14.4 Å². The molecule has 3 atom stereocenters. The van der Waals surface area contributed by atoms with Crippen molar-refractivity contribution in [3.05, 3.63) is 59.7 Å². The van der Waals surface area contributed by atoms with Crippen molar-refractivity contribution in [1.29, 1.82) is 0 Å². The molecule has 3 heterocycles. The van der Waals surface area contributed by atoms with Crippen molar-refractivity contribution < 1.29 is 14.3 Å². The number of hydrazine groups is 1. The zero-order valence-corrected chi connectivity index (χ0v) is 16.5. The molecule has 0 radical (unpaired) electrons. The van der Waals surface area contributed by atoms with Crippen LogP contribution in [0.2, 0.25) is 0 Å². The van der Waals surface area contributed by atoms with Gasteiger partial charge >= 0.3 is 0 Å². The van der Waals surface area contributed by atoms with Crippen molar-refractivity contribution >= 4 is 5.91 Å². The molecule has 152 valence electrons. The molecule has 6 heteroatoms. The van der Waals surface area contributed by atoms with Gasteiger partial charge in [-0.3, -0.25) is 10.2 Å². The summed E-state index contributed by atoms with van der Waals surface area (Å²) in [7, 11) is 0. The highest BCUT2D eigenvalue weighted by Crippen LogP contribution is 2.39. The minimum atomic E-state index is -0.113. The molecule has 0 aromatic heterocycles. The van der Waals surface area contributed by atoms with E-state index < -0.39 is 0 Å². The molecule has 2 aromatic carbocycles. The summed E-state index contributed by atoms with van der Waals surface area (Å²) in [5, 5.41) is 0. The zero-order valence-electron chi connectivity index (χ0n) is 16.5. The molecule has 2 saturated heterocycles. The van der Waals surface area contributed by atoms with Crippen LogP contribution in [0.4, 0.5) is 0 Å². The van der Waals surface area contributed by atoms with Crippen molar-refractivity contribution in [2.45, 2.75) is 31.3 Å². The van der Waals surface area contributed by atoms with E-state index in [9.17, 15) is 4.79 Å². The molecule has 6 nitrogen and oxygen atoms in total. The number of likely N-dealkylation sites (tertiary alicyclic amines) is 1. The van der Waals surface area contributed by atoms with Crippen LogP contribution in [0.1, 0.15) is 42.5 Å². The topological polar surface area (TPSA) is 62.8 Å². The van der Waals surface area contributed by atoms with Crippen molar-refractivity contribution in [2.75, 3.05) is 26.3 Å². The number of carbonyl (C=O) groups excluding carboxylic acids is 1. The Morgan fingerprint density at radius 2 is 1.79 bits per heavy atom. The van der Waals surface area contributed by atoms with Crippen LogP contribution in [0.3, 0.4) is 0 Å². The molecule has 2 fully saturated rings. The first-order chi connectivity index (χ1) is 14.3. The molecule has 3 aliphatic heterocycles. The summed E-state index contributed by atoms with van der Waals surface area (Å²) in [6.07, 6.45) is 2.89. The van der Waals surface area contributed by atoms with Gasteiger partial charge in [0.1, 0.15) is 0 Å². The molecule has 0 aliphatic carbocycles. The number of fused-ring (bicyclic) bond motifs is 1. The average Bonchev–Trinajstić information content (AvgIpc) is 3.39. The van der Waals surface area contributed by atoms with E-state index >= 15 is 0 Å². The Labute approximate surface area is 171 Å². The third-order valence-corrected chi connectivity index (χ3v) is 6.15. The lowest BCUT2D eigenvalue weighted by Crippen LogP contribution is -2.38. The molecular formula is C23H27N3O3. The van der Waals surface area contributed by atoms with Crippen LogP contribution in [0.25, 0.3) is 0 Å². The summed E-state index contributed by atoms with van der Waals surface area (Å²) in [4.78, 5) is 15.6. The third kappa shape index (κ3) is 3.58. The largest absolute Gasteiger partial charge is 0.490 e. The number of carbonyl (C=O) groups is 1. The maximum absolute atomic E-state index is 13.5. The number of nitrogens with one attached hydrogen (secondary N) is 2. The van der Waals surface area contributed by atoms with E-state index in [1.165, 1.54) is 0 Å². The van der Waals surface area contributed by atoms with Gasteiger partial charge in [-0.2, -0.15) is 0 Å². The molecule has 0 bridgehead atoms. The Kier molecular flexibility index (Phi) is 5.12. The molecule has 2 N–H and O–H groups in total. The average molecular weight is 393 g/mol. The predicted octanol–water partition coefficient (Wildman–Crippen LogP) is 2.98. The molecule has 0 saturated carbocycles. The number of hydrogen-bond acceptors (Lipinski definition) is 5. The van der Waals surface area contributed by atoms with E-state index in [-0.39, 0.29) is 23.9 Å². The monoisotopic (exact) mass is 393 g/mol. The number of hydrogen-bond donors (Lipinski definition) is 2. The summed E-state index contributed by atoms with van der Waals surface area (Å²) < 4.78 is 11.6. The van der Waals surface area contributed by atoms with Gasteiger partial charge in [-0.05, 0) is 36.1 Å². The fourth-order valence-electron chi connectivity index (χ4n) is 4.68. The Bertz CT molecular complexity index is 873. The first-order valence-corrected chi connectivity index (χ1v) is 10.5. The Morgan fingerprint density at radius 1 is 0.966 bits per heavy atom. The lowest BCUT2D eigenvalue weighted by atomic mass is 9.93. The van der Waals surface area contributed by atoms with Crippen molar-refractivity contribution in [2.24, 2.45) is 5.92 Å². The summed E-state index contributed by atoms with van der Waals surface area (Å²) in [5.74, 6) is 1.70. The number of amides is 1. The van der Waals surface area contributed by atoms with E-state index in [1.807, 2.05) is 24.3 Å². The van der Waals surface area contributed by atoms with E-state index in [0.29, 0.717) is 19.8 Å². The van der Waals surface area contributed by atoms with Gasteiger partial charge in [-0.25, -0.2) is 5.43 Å². The Balaban J connectivity index is 1.38. The highest BCUT2D eigenvalue weighted by molar-refractivity contribution is 5.81. The quantitative estimate of drug-likeness (QED) is 0.840. The molecule has 3 aliphatic rings. The molecular weight excluding hydrogens is 366 g/mol. The minimum Gasteiger partial charge on any atom is -0.490 e. The van der Waals surface area contributed by atoms with Gasteiger partial charge in [0.25, 0.3) is 0 Å². The molecule has 2 aromatic rings. The lowest BCUT2D eigenvalue weighted by molar-refractivity contribution is -0.136. The van der Waals surface area contributed by atoms with E-state index in [1.54, 1.807) is 0 Å². The van der Waals surface area contributed by atoms with Crippen LogP contribution in [0.15, 0.2) is 48.5 Å². The smallest absolute Gasteiger partial charge is 0.229 e. The number of ether oxygens (including phenoxy) is 2. The van der Waals surface area contributed by atoms with Gasteiger partial charge in [-0.15, -0.1) is 0 Å². The first-order valence-electron chi connectivity index (χ1n) is 10.5. The van der Waals surface area contributed by atoms with Gasteiger partial charge in [-0.1, -0.05) is 36.4 Å². The van der Waals surface area contributed by atoms with E-state index in [4.69, 9.17) is 9.47 Å². The molecule has 3 unspecified atom stereocenters. The normalized spacial score (nSPS) is 26.3. The van der Waals surface area contributed by atoms with Crippen LogP contribution in [-0.4, -0.2) is 37.1 Å². The summed E-state index contributed by atoms with van der Waals surface area (Å²) in [6.45, 7) is 2.80. The van der Waals surface area contributed by atoms with Crippen LogP contribution < -0.4 is 20.3 Å². The fourth-order valence-corrected chi connectivity index (χ4v) is 4.68. The summed E-state index contributed by atoms with van der Waals surface area (Å²) in [5.41, 5.74) is 8.76. The van der Waals surface area contributed by atoms with Crippen molar-refractivity contribution in [1.82, 2.24) is 15.8 Å². The summed E-state index contributed by atoms with van der Waals surface area (Å²) >= 11 is 0. The van der Waals surface area contributed by atoms with Gasteiger partial charge in [0, 0.05) is 19.5 Å². The molecule has 1 amide bonds. The van der Waals surface area contributed by atoms with Crippen LogP contribution >= 0.6 is 0 Å². The number of rotatable bonds is 3. The number of nitrogens with zero attached hydrogens (tertiary/aromatic N) is 1. The summed E-state index contributed by atoms with van der Waals surface area (Å²) in [6, 6.07) is 16.4. The Morgan fingerprint density at radius 3 is 2.66 bits per heavy atom. The molecule has 5 rings (SSSR count). The van der Waals surface area contributed by atoms with E-state index in [2.05, 4.69) is 40.0 Å². The zero-order chi connectivity index (χ0) is 19.6. The van der Waals surface area contributed by atoms with Gasteiger partial charge in [0.05, 0.1) is 31.2 Å². The van der Waals surface area contributed by atoms with Gasteiger partial charge in [0.2, 0.25) is 5.91 Å². The first kappa shape index (κ1) is 18.5. The minimum absolute atomic E-state index is 0.00581. The van der Waals surface area contributed by atoms with E-state index in [0.717, 1.165) is 48.4 Å². The maximum Gasteiger partial charge on any atom is 0.229 e.